The van der Waals surface area contributed by atoms with Gasteiger partial charge >= 0.3 is 0 Å². The van der Waals surface area contributed by atoms with E-state index in [-0.39, 0.29) is 11.8 Å². The Morgan fingerprint density at radius 3 is 2.58 bits per heavy atom. The van der Waals surface area contributed by atoms with Crippen molar-refractivity contribution in [3.8, 4) is 0 Å². The molecule has 0 aliphatic heterocycles. The maximum absolute atomic E-state index is 11.1. The topological polar surface area (TPSA) is 43.1 Å². The van der Waals surface area contributed by atoms with Gasteiger partial charge in [0.05, 0.1) is 0 Å². The smallest absolute Gasteiger partial charge is 0.220 e. The molecular weight excluding hydrogens is 150 g/mol. The molecule has 3 atom stereocenters. The molecule has 2 heteroatoms. The molecule has 0 radical (unpaired) electrons. The van der Waals surface area contributed by atoms with E-state index in [4.69, 9.17) is 5.73 Å². The molecule has 12 heavy (non-hydrogen) atoms. The van der Waals surface area contributed by atoms with Gasteiger partial charge in [0, 0.05) is 5.92 Å². The van der Waals surface area contributed by atoms with E-state index in [2.05, 4.69) is 0 Å². The van der Waals surface area contributed by atoms with Crippen LogP contribution in [0.2, 0.25) is 0 Å². The van der Waals surface area contributed by atoms with Crippen molar-refractivity contribution in [1.29, 1.82) is 0 Å². The molecule has 68 valence electrons. The van der Waals surface area contributed by atoms with Crippen LogP contribution in [0.15, 0.2) is 0 Å². The second-order valence-electron chi connectivity index (χ2n) is 4.29. The molecule has 2 aliphatic rings. The van der Waals surface area contributed by atoms with Gasteiger partial charge in [0.1, 0.15) is 0 Å². The molecule has 2 fully saturated rings. The summed E-state index contributed by atoms with van der Waals surface area (Å²) in [5.41, 5.74) is 5.37. The van der Waals surface area contributed by atoms with Gasteiger partial charge in [-0.25, -0.2) is 0 Å². The van der Waals surface area contributed by atoms with Crippen LogP contribution < -0.4 is 5.73 Å². The summed E-state index contributed by atoms with van der Waals surface area (Å²) in [6.45, 7) is 0. The fourth-order valence-electron chi connectivity index (χ4n) is 3.09. The highest BCUT2D eigenvalue weighted by atomic mass is 16.1. The van der Waals surface area contributed by atoms with Crippen molar-refractivity contribution in [2.24, 2.45) is 23.5 Å². The standard InChI is InChI=1S/C10H17NO/c11-10(12)9-6-5-7-3-1-2-4-8(7)9/h7-9H,1-6H2,(H2,11,12). The van der Waals surface area contributed by atoms with Crippen LogP contribution in [-0.4, -0.2) is 5.91 Å². The lowest BCUT2D eigenvalue weighted by Gasteiger charge is -2.27. The molecule has 0 spiro atoms. The van der Waals surface area contributed by atoms with Gasteiger partial charge in [-0.05, 0) is 31.1 Å². The van der Waals surface area contributed by atoms with Crippen molar-refractivity contribution in [2.75, 3.05) is 0 Å². The molecule has 2 aliphatic carbocycles. The summed E-state index contributed by atoms with van der Waals surface area (Å²) in [5, 5.41) is 0. The van der Waals surface area contributed by atoms with Crippen LogP contribution in [0, 0.1) is 17.8 Å². The van der Waals surface area contributed by atoms with Crippen molar-refractivity contribution < 1.29 is 4.79 Å². The highest BCUT2D eigenvalue weighted by Crippen LogP contribution is 2.45. The zero-order valence-corrected chi connectivity index (χ0v) is 7.46. The maximum Gasteiger partial charge on any atom is 0.220 e. The summed E-state index contributed by atoms with van der Waals surface area (Å²) in [6, 6.07) is 0. The fraction of sp³-hybridized carbons (Fsp3) is 0.900. The summed E-state index contributed by atoms with van der Waals surface area (Å²) in [5.74, 6) is 1.65. The van der Waals surface area contributed by atoms with Gasteiger partial charge in [-0.2, -0.15) is 0 Å². The Morgan fingerprint density at radius 2 is 1.83 bits per heavy atom. The summed E-state index contributed by atoms with van der Waals surface area (Å²) < 4.78 is 0. The van der Waals surface area contributed by atoms with E-state index < -0.39 is 0 Å². The monoisotopic (exact) mass is 167 g/mol. The molecule has 1 amide bonds. The van der Waals surface area contributed by atoms with Crippen LogP contribution in [0.4, 0.5) is 0 Å². The molecular formula is C10H17NO. The second-order valence-corrected chi connectivity index (χ2v) is 4.29. The lowest BCUT2D eigenvalue weighted by molar-refractivity contribution is -0.123. The normalized spacial score (nSPS) is 40.8. The lowest BCUT2D eigenvalue weighted by atomic mass is 9.78. The third kappa shape index (κ3) is 1.23. The van der Waals surface area contributed by atoms with Crippen molar-refractivity contribution in [3.05, 3.63) is 0 Å². The number of rotatable bonds is 1. The Hall–Kier alpha value is -0.530. The molecule has 0 bridgehead atoms. The first kappa shape index (κ1) is 8.09. The van der Waals surface area contributed by atoms with Crippen LogP contribution in [0.3, 0.4) is 0 Å². The van der Waals surface area contributed by atoms with Crippen LogP contribution >= 0.6 is 0 Å². The largest absolute Gasteiger partial charge is 0.369 e. The molecule has 3 unspecified atom stereocenters. The van der Waals surface area contributed by atoms with Crippen LogP contribution in [0.25, 0.3) is 0 Å². The Kier molecular flexibility index (Phi) is 2.07. The first-order valence-corrected chi connectivity index (χ1v) is 5.08. The van der Waals surface area contributed by atoms with Crippen molar-refractivity contribution >= 4 is 5.91 Å². The van der Waals surface area contributed by atoms with E-state index in [1.165, 1.54) is 32.1 Å². The minimum atomic E-state index is -0.0515. The molecule has 0 saturated heterocycles. The minimum absolute atomic E-state index is 0.0515. The van der Waals surface area contributed by atoms with Gasteiger partial charge in [-0.3, -0.25) is 4.79 Å². The molecule has 0 heterocycles. The first-order chi connectivity index (χ1) is 5.79. The van der Waals surface area contributed by atoms with E-state index in [9.17, 15) is 4.79 Å². The van der Waals surface area contributed by atoms with Gasteiger partial charge in [-0.15, -0.1) is 0 Å². The molecule has 0 aromatic heterocycles. The van der Waals surface area contributed by atoms with Gasteiger partial charge in [0.25, 0.3) is 0 Å². The van der Waals surface area contributed by atoms with Gasteiger partial charge in [0.2, 0.25) is 5.91 Å². The van der Waals surface area contributed by atoms with Crippen LogP contribution in [0.5, 0.6) is 0 Å². The van der Waals surface area contributed by atoms with E-state index in [1.54, 1.807) is 0 Å². The molecule has 0 aromatic rings. The number of carbonyl (C=O) groups is 1. The number of hydrogen-bond donors (Lipinski definition) is 1. The Labute approximate surface area is 73.5 Å². The molecule has 2 N–H and O–H groups in total. The minimum Gasteiger partial charge on any atom is -0.369 e. The Balaban J connectivity index is 2.05. The lowest BCUT2D eigenvalue weighted by Crippen LogP contribution is -2.29. The number of amides is 1. The van der Waals surface area contributed by atoms with E-state index in [1.807, 2.05) is 0 Å². The number of nitrogens with two attached hydrogens (primary N) is 1. The van der Waals surface area contributed by atoms with Crippen LogP contribution in [-0.2, 0) is 4.79 Å². The number of carbonyl (C=O) groups excluding carboxylic acids is 1. The summed E-state index contributed by atoms with van der Waals surface area (Å²) in [4.78, 5) is 11.1. The van der Waals surface area contributed by atoms with Gasteiger partial charge in [-0.1, -0.05) is 19.3 Å². The molecule has 2 saturated carbocycles. The number of primary amides is 1. The summed E-state index contributed by atoms with van der Waals surface area (Å²) in [7, 11) is 0. The third-order valence-electron chi connectivity index (χ3n) is 3.70. The van der Waals surface area contributed by atoms with Gasteiger partial charge in [0.15, 0.2) is 0 Å². The number of hydrogen-bond acceptors (Lipinski definition) is 1. The Morgan fingerprint density at radius 1 is 1.08 bits per heavy atom. The first-order valence-electron chi connectivity index (χ1n) is 5.08. The van der Waals surface area contributed by atoms with Crippen molar-refractivity contribution in [2.45, 2.75) is 38.5 Å². The SMILES string of the molecule is NC(=O)C1CCC2CCCCC21. The third-order valence-corrected chi connectivity index (χ3v) is 3.70. The zero-order valence-electron chi connectivity index (χ0n) is 7.46. The number of fused-ring (bicyclic) bond motifs is 1. The summed E-state index contributed by atoms with van der Waals surface area (Å²) in [6.07, 6.45) is 7.58. The molecule has 2 nitrogen and oxygen atoms in total. The van der Waals surface area contributed by atoms with Crippen LogP contribution in [0.1, 0.15) is 38.5 Å². The predicted octanol–water partition coefficient (Wildman–Crippen LogP) is 1.69. The Bertz CT molecular complexity index is 190. The average Bonchev–Trinajstić information content (AvgIpc) is 2.47. The maximum atomic E-state index is 11.1. The second kappa shape index (κ2) is 3.08. The molecule has 2 rings (SSSR count). The highest BCUT2D eigenvalue weighted by Gasteiger charge is 2.39. The van der Waals surface area contributed by atoms with E-state index in [0.717, 1.165) is 12.3 Å². The van der Waals surface area contributed by atoms with E-state index >= 15 is 0 Å². The van der Waals surface area contributed by atoms with Gasteiger partial charge < -0.3 is 5.73 Å². The average molecular weight is 167 g/mol. The summed E-state index contributed by atoms with van der Waals surface area (Å²) >= 11 is 0. The van der Waals surface area contributed by atoms with E-state index in [0.29, 0.717) is 5.92 Å². The zero-order chi connectivity index (χ0) is 8.55. The predicted molar refractivity (Wildman–Crippen MR) is 47.4 cm³/mol. The van der Waals surface area contributed by atoms with Crippen molar-refractivity contribution in [3.63, 3.8) is 0 Å². The quantitative estimate of drug-likeness (QED) is 0.634. The molecule has 0 aromatic carbocycles. The highest BCUT2D eigenvalue weighted by molar-refractivity contribution is 5.77. The van der Waals surface area contributed by atoms with Crippen molar-refractivity contribution in [1.82, 2.24) is 0 Å². The fourth-order valence-corrected chi connectivity index (χ4v) is 3.09.